The first-order valence-electron chi connectivity index (χ1n) is 14.1. The monoisotopic (exact) mass is 576 g/mol. The SMILES string of the molecule is CCNC(=O)N[C@@H](CCCN=C(N)N)C(=O)N[C@@H](C)C(=O)N[C@@H](CC(C)C)[C@@H](O)CC(=O)NCCc1ccccc1. The molecule has 0 aromatic heterocycles. The average Bonchev–Trinajstić information content (AvgIpc) is 2.90. The van der Waals surface area contributed by atoms with Crippen LogP contribution in [0.2, 0.25) is 0 Å². The van der Waals surface area contributed by atoms with Crippen molar-refractivity contribution in [2.75, 3.05) is 19.6 Å². The molecule has 0 aliphatic rings. The predicted molar refractivity (Wildman–Crippen MR) is 159 cm³/mol. The number of aliphatic hydroxyl groups excluding tert-OH is 1. The molecule has 41 heavy (non-hydrogen) atoms. The van der Waals surface area contributed by atoms with Crippen molar-refractivity contribution in [1.82, 2.24) is 26.6 Å². The van der Waals surface area contributed by atoms with Gasteiger partial charge in [0.05, 0.1) is 18.6 Å². The molecule has 1 rings (SSSR count). The maximum Gasteiger partial charge on any atom is 0.315 e. The molecule has 5 amide bonds. The van der Waals surface area contributed by atoms with Gasteiger partial charge in [-0.3, -0.25) is 19.4 Å². The van der Waals surface area contributed by atoms with E-state index in [0.29, 0.717) is 32.4 Å². The largest absolute Gasteiger partial charge is 0.390 e. The highest BCUT2D eigenvalue weighted by Gasteiger charge is 2.28. The number of aliphatic hydroxyl groups is 1. The molecule has 4 atom stereocenters. The van der Waals surface area contributed by atoms with Crippen LogP contribution in [0.15, 0.2) is 35.3 Å². The number of hydrogen-bond acceptors (Lipinski definition) is 6. The van der Waals surface area contributed by atoms with Crippen molar-refractivity contribution < 1.29 is 24.3 Å². The average molecular weight is 577 g/mol. The van der Waals surface area contributed by atoms with E-state index < -0.39 is 42.1 Å². The Bertz CT molecular complexity index is 985. The van der Waals surface area contributed by atoms with Gasteiger partial charge in [0.25, 0.3) is 0 Å². The van der Waals surface area contributed by atoms with Crippen LogP contribution in [-0.2, 0) is 20.8 Å². The topological polar surface area (TPSA) is 213 Å². The molecule has 0 fully saturated rings. The Kier molecular flexibility index (Phi) is 16.5. The van der Waals surface area contributed by atoms with Crippen molar-refractivity contribution in [3.8, 4) is 0 Å². The van der Waals surface area contributed by atoms with E-state index >= 15 is 0 Å². The maximum absolute atomic E-state index is 13.0. The lowest BCUT2D eigenvalue weighted by molar-refractivity contribution is -0.131. The number of hydrogen-bond donors (Lipinski definition) is 8. The van der Waals surface area contributed by atoms with E-state index in [2.05, 4.69) is 31.6 Å². The van der Waals surface area contributed by atoms with Gasteiger partial charge in [0.15, 0.2) is 5.96 Å². The zero-order valence-corrected chi connectivity index (χ0v) is 24.6. The molecule has 0 heterocycles. The maximum atomic E-state index is 13.0. The van der Waals surface area contributed by atoms with Crippen LogP contribution in [0, 0.1) is 5.92 Å². The summed E-state index contributed by atoms with van der Waals surface area (Å²) in [6.45, 7) is 8.21. The van der Waals surface area contributed by atoms with Crippen molar-refractivity contribution in [2.24, 2.45) is 22.4 Å². The van der Waals surface area contributed by atoms with Crippen molar-refractivity contribution in [3.05, 3.63) is 35.9 Å². The van der Waals surface area contributed by atoms with E-state index in [4.69, 9.17) is 11.5 Å². The molecule has 0 saturated carbocycles. The third kappa shape index (κ3) is 15.5. The van der Waals surface area contributed by atoms with Crippen LogP contribution >= 0.6 is 0 Å². The quantitative estimate of drug-likeness (QED) is 0.0673. The van der Waals surface area contributed by atoms with Gasteiger partial charge in [0.2, 0.25) is 17.7 Å². The number of carbonyl (C=O) groups is 4. The standard InChI is InChI=1S/C28H48N8O5/c1-5-31-28(41)36-21(12-9-14-33-27(29)30)26(40)34-19(4)25(39)35-22(16-18(2)3)23(37)17-24(38)32-15-13-20-10-7-6-8-11-20/h6-8,10-11,18-19,21-23,37H,5,9,12-17H2,1-4H3,(H,32,38)(H,34,40)(H,35,39)(H4,29,30,33)(H2,31,36,41)/t19-,21-,22-,23-/m0/s1. The summed E-state index contributed by atoms with van der Waals surface area (Å²) in [6.07, 6.45) is 0.444. The Morgan fingerprint density at radius 3 is 2.24 bits per heavy atom. The van der Waals surface area contributed by atoms with Gasteiger partial charge in [-0.25, -0.2) is 4.79 Å². The summed E-state index contributed by atoms with van der Waals surface area (Å²) in [5.41, 5.74) is 11.8. The molecule has 1 aromatic rings. The highest BCUT2D eigenvalue weighted by Crippen LogP contribution is 2.12. The number of amides is 5. The molecular weight excluding hydrogens is 528 g/mol. The molecule has 0 aliphatic carbocycles. The minimum atomic E-state index is -1.12. The number of nitrogens with zero attached hydrogens (tertiary/aromatic N) is 1. The molecule has 0 bridgehead atoms. The van der Waals surface area contributed by atoms with Crippen LogP contribution in [0.25, 0.3) is 0 Å². The predicted octanol–water partition coefficient (Wildman–Crippen LogP) is -0.127. The first-order valence-corrected chi connectivity index (χ1v) is 14.1. The fourth-order valence-corrected chi connectivity index (χ4v) is 4.04. The minimum absolute atomic E-state index is 0.0733. The molecule has 230 valence electrons. The summed E-state index contributed by atoms with van der Waals surface area (Å²) < 4.78 is 0. The number of rotatable bonds is 18. The van der Waals surface area contributed by atoms with E-state index in [0.717, 1.165) is 5.56 Å². The second kappa shape index (κ2) is 19.2. The first-order chi connectivity index (χ1) is 19.4. The summed E-state index contributed by atoms with van der Waals surface area (Å²) in [5, 5.41) is 24.2. The van der Waals surface area contributed by atoms with Crippen molar-refractivity contribution in [2.45, 2.75) is 84.0 Å². The first kappa shape index (κ1) is 35.2. The van der Waals surface area contributed by atoms with Gasteiger partial charge in [-0.15, -0.1) is 0 Å². The van der Waals surface area contributed by atoms with Crippen molar-refractivity contribution >= 4 is 29.7 Å². The number of nitrogens with two attached hydrogens (primary N) is 2. The van der Waals surface area contributed by atoms with E-state index in [1.807, 2.05) is 44.2 Å². The molecule has 0 spiro atoms. The van der Waals surface area contributed by atoms with Crippen LogP contribution < -0.4 is 38.1 Å². The number of carbonyl (C=O) groups excluding carboxylic acids is 4. The van der Waals surface area contributed by atoms with Gasteiger partial charge >= 0.3 is 6.03 Å². The number of guanidine groups is 1. The lowest BCUT2D eigenvalue weighted by Crippen LogP contribution is -2.56. The van der Waals surface area contributed by atoms with Crippen LogP contribution in [-0.4, -0.2) is 78.7 Å². The third-order valence-corrected chi connectivity index (χ3v) is 6.15. The van der Waals surface area contributed by atoms with E-state index in [1.54, 1.807) is 6.92 Å². The number of nitrogens with one attached hydrogen (secondary N) is 5. The Balaban J connectivity index is 2.72. The van der Waals surface area contributed by atoms with Crippen LogP contribution in [0.4, 0.5) is 4.79 Å². The van der Waals surface area contributed by atoms with E-state index in [1.165, 1.54) is 6.92 Å². The Morgan fingerprint density at radius 2 is 1.63 bits per heavy atom. The zero-order valence-electron chi connectivity index (χ0n) is 24.6. The molecule has 0 unspecified atom stereocenters. The molecular formula is C28H48N8O5. The molecule has 10 N–H and O–H groups in total. The summed E-state index contributed by atoms with van der Waals surface area (Å²) in [6, 6.07) is 6.60. The summed E-state index contributed by atoms with van der Waals surface area (Å²) in [4.78, 5) is 54.3. The second-order valence-corrected chi connectivity index (χ2v) is 10.3. The fourth-order valence-electron chi connectivity index (χ4n) is 4.04. The lowest BCUT2D eigenvalue weighted by atomic mass is 9.96. The number of urea groups is 1. The minimum Gasteiger partial charge on any atom is -0.390 e. The Hall–Kier alpha value is -3.87. The Morgan fingerprint density at radius 1 is 0.951 bits per heavy atom. The molecule has 0 saturated heterocycles. The highest BCUT2D eigenvalue weighted by molar-refractivity contribution is 5.91. The number of benzene rings is 1. The molecule has 1 aromatic carbocycles. The van der Waals surface area contributed by atoms with Crippen LogP contribution in [0.1, 0.15) is 58.9 Å². The van der Waals surface area contributed by atoms with Crippen molar-refractivity contribution in [3.63, 3.8) is 0 Å². The zero-order chi connectivity index (χ0) is 30.8. The second-order valence-electron chi connectivity index (χ2n) is 10.3. The van der Waals surface area contributed by atoms with Crippen LogP contribution in [0.5, 0.6) is 0 Å². The molecule has 13 heteroatoms. The summed E-state index contributed by atoms with van der Waals surface area (Å²) >= 11 is 0. The van der Waals surface area contributed by atoms with Gasteiger partial charge in [0, 0.05) is 19.6 Å². The lowest BCUT2D eigenvalue weighted by Gasteiger charge is -2.27. The number of aliphatic imine (C=N–C) groups is 1. The normalized spacial score (nSPS) is 13.7. The van der Waals surface area contributed by atoms with Gasteiger partial charge < -0.3 is 43.2 Å². The van der Waals surface area contributed by atoms with Gasteiger partial charge in [-0.05, 0) is 51.0 Å². The molecule has 0 radical (unpaired) electrons. The third-order valence-electron chi connectivity index (χ3n) is 6.15. The molecule has 0 aliphatic heterocycles. The Labute approximate surface area is 242 Å². The van der Waals surface area contributed by atoms with E-state index in [-0.39, 0.29) is 37.2 Å². The van der Waals surface area contributed by atoms with Gasteiger partial charge in [-0.1, -0.05) is 44.2 Å². The fraction of sp³-hybridized carbons (Fsp3) is 0.607. The smallest absolute Gasteiger partial charge is 0.315 e. The van der Waals surface area contributed by atoms with Gasteiger partial charge in [-0.2, -0.15) is 0 Å². The summed E-state index contributed by atoms with van der Waals surface area (Å²) in [5.74, 6) is -1.35. The molecule has 13 nitrogen and oxygen atoms in total. The highest BCUT2D eigenvalue weighted by atomic mass is 16.3. The summed E-state index contributed by atoms with van der Waals surface area (Å²) in [7, 11) is 0. The van der Waals surface area contributed by atoms with Crippen molar-refractivity contribution in [1.29, 1.82) is 0 Å². The van der Waals surface area contributed by atoms with E-state index in [9.17, 15) is 24.3 Å². The van der Waals surface area contributed by atoms with Gasteiger partial charge in [0.1, 0.15) is 12.1 Å². The van der Waals surface area contributed by atoms with Crippen LogP contribution in [0.3, 0.4) is 0 Å².